The molecule has 0 aliphatic carbocycles. The van der Waals surface area contributed by atoms with E-state index in [1.165, 1.54) is 5.56 Å². The Morgan fingerprint density at radius 3 is 2.82 bits per heavy atom. The molecule has 94 valence electrons. The van der Waals surface area contributed by atoms with Crippen molar-refractivity contribution in [2.24, 2.45) is 0 Å². The number of carbonyl (C=O) groups is 1. The maximum atomic E-state index is 11.2. The molecule has 2 N–H and O–H groups in total. The van der Waals surface area contributed by atoms with Gasteiger partial charge in [0.2, 0.25) is 5.91 Å². The summed E-state index contributed by atoms with van der Waals surface area (Å²) in [6, 6.07) is 6.06. The maximum Gasteiger partial charge on any atom is 0.233 e. The number of ether oxygens (including phenoxy) is 1. The summed E-state index contributed by atoms with van der Waals surface area (Å²) in [4.78, 5) is 11.2. The van der Waals surface area contributed by atoms with Crippen molar-refractivity contribution in [3.8, 4) is 5.75 Å². The molecule has 4 heteroatoms. The molecule has 0 spiro atoms. The predicted octanol–water partition coefficient (Wildman–Crippen LogP) is 0.882. The fraction of sp³-hybridized carbons (Fsp3) is 0.462. The summed E-state index contributed by atoms with van der Waals surface area (Å²) in [6.45, 7) is 3.02. The number of likely N-dealkylation sites (N-methyl/N-ethyl adjacent to an activating group) is 1. The second-order valence-corrected chi connectivity index (χ2v) is 3.95. The molecule has 0 aromatic heterocycles. The molecular formula is C13H20N2O2. The van der Waals surface area contributed by atoms with Crippen molar-refractivity contribution in [1.29, 1.82) is 0 Å². The summed E-state index contributed by atoms with van der Waals surface area (Å²) in [7, 11) is 3.41. The van der Waals surface area contributed by atoms with E-state index in [1.54, 1.807) is 14.2 Å². The van der Waals surface area contributed by atoms with Crippen LogP contribution in [0.4, 0.5) is 0 Å². The van der Waals surface area contributed by atoms with Gasteiger partial charge in [-0.1, -0.05) is 17.7 Å². The van der Waals surface area contributed by atoms with Crippen LogP contribution < -0.4 is 15.4 Å². The molecule has 0 radical (unpaired) electrons. The smallest absolute Gasteiger partial charge is 0.233 e. The van der Waals surface area contributed by atoms with E-state index in [0.29, 0.717) is 13.1 Å². The molecule has 0 unspecified atom stereocenters. The first-order valence-corrected chi connectivity index (χ1v) is 5.72. The Hall–Kier alpha value is -1.55. The van der Waals surface area contributed by atoms with Crippen LogP contribution in [0.25, 0.3) is 0 Å². The summed E-state index contributed by atoms with van der Waals surface area (Å²) in [5.41, 5.74) is 2.32. The van der Waals surface area contributed by atoms with Crippen LogP contribution in [0, 0.1) is 6.92 Å². The van der Waals surface area contributed by atoms with E-state index in [1.807, 2.05) is 19.1 Å². The van der Waals surface area contributed by atoms with Crippen LogP contribution in [0.1, 0.15) is 11.1 Å². The molecule has 0 aliphatic rings. The molecule has 1 rings (SSSR count). The van der Waals surface area contributed by atoms with Gasteiger partial charge in [-0.2, -0.15) is 0 Å². The number of nitrogens with one attached hydrogen (secondary N) is 2. The van der Waals surface area contributed by atoms with Crippen molar-refractivity contribution in [1.82, 2.24) is 10.6 Å². The summed E-state index contributed by atoms with van der Waals surface area (Å²) < 4.78 is 5.28. The van der Waals surface area contributed by atoms with Crippen LogP contribution in [-0.2, 0) is 11.2 Å². The average Bonchev–Trinajstić information content (AvgIpc) is 2.30. The zero-order chi connectivity index (χ0) is 12.7. The number of carbonyl (C=O) groups excluding carboxylic acids is 1. The summed E-state index contributed by atoms with van der Waals surface area (Å²) in [5.74, 6) is 0.887. The molecule has 17 heavy (non-hydrogen) atoms. The standard InChI is InChI=1S/C13H20N2O2/c1-10-4-5-12(17-3)11(8-10)6-7-15-13(16)9-14-2/h4-5,8,14H,6-7,9H2,1-3H3,(H,15,16). The van der Waals surface area contributed by atoms with Crippen LogP contribution >= 0.6 is 0 Å². The van der Waals surface area contributed by atoms with Gasteiger partial charge in [0.15, 0.2) is 0 Å². The Kier molecular flexibility index (Phi) is 5.49. The lowest BCUT2D eigenvalue weighted by atomic mass is 10.1. The first kappa shape index (κ1) is 13.5. The fourth-order valence-electron chi connectivity index (χ4n) is 1.66. The van der Waals surface area contributed by atoms with E-state index in [2.05, 4.69) is 16.7 Å². The third-order valence-electron chi connectivity index (χ3n) is 2.49. The minimum absolute atomic E-state index is 0.0131. The lowest BCUT2D eigenvalue weighted by Gasteiger charge is -2.10. The molecule has 0 heterocycles. The van der Waals surface area contributed by atoms with E-state index in [0.717, 1.165) is 17.7 Å². The number of rotatable bonds is 6. The minimum atomic E-state index is 0.0131. The molecule has 0 bridgehead atoms. The lowest BCUT2D eigenvalue weighted by molar-refractivity contribution is -0.120. The number of amides is 1. The van der Waals surface area contributed by atoms with Gasteiger partial charge in [0.25, 0.3) is 0 Å². The van der Waals surface area contributed by atoms with E-state index in [-0.39, 0.29) is 5.91 Å². The summed E-state index contributed by atoms with van der Waals surface area (Å²) >= 11 is 0. The SMILES string of the molecule is CNCC(=O)NCCc1cc(C)ccc1OC. The third-order valence-corrected chi connectivity index (χ3v) is 2.49. The molecular weight excluding hydrogens is 216 g/mol. The first-order chi connectivity index (χ1) is 8.17. The Morgan fingerprint density at radius 2 is 2.18 bits per heavy atom. The Bertz CT molecular complexity index is 378. The highest BCUT2D eigenvalue weighted by Gasteiger charge is 2.04. The van der Waals surface area contributed by atoms with Crippen molar-refractivity contribution in [3.05, 3.63) is 29.3 Å². The zero-order valence-corrected chi connectivity index (χ0v) is 10.7. The topological polar surface area (TPSA) is 50.4 Å². The lowest BCUT2D eigenvalue weighted by Crippen LogP contribution is -2.33. The zero-order valence-electron chi connectivity index (χ0n) is 10.7. The van der Waals surface area contributed by atoms with Crippen LogP contribution in [0.5, 0.6) is 5.75 Å². The van der Waals surface area contributed by atoms with E-state index in [4.69, 9.17) is 4.74 Å². The number of aryl methyl sites for hydroxylation is 1. The maximum absolute atomic E-state index is 11.2. The summed E-state index contributed by atoms with van der Waals surface area (Å²) in [5, 5.41) is 5.66. The number of methoxy groups -OCH3 is 1. The van der Waals surface area contributed by atoms with Crippen molar-refractivity contribution in [3.63, 3.8) is 0 Å². The predicted molar refractivity (Wildman–Crippen MR) is 68.4 cm³/mol. The number of benzene rings is 1. The van der Waals surface area contributed by atoms with E-state index in [9.17, 15) is 4.79 Å². The van der Waals surface area contributed by atoms with Gasteiger partial charge >= 0.3 is 0 Å². The Morgan fingerprint density at radius 1 is 1.41 bits per heavy atom. The monoisotopic (exact) mass is 236 g/mol. The van der Waals surface area contributed by atoms with Crippen LogP contribution in [0.2, 0.25) is 0 Å². The first-order valence-electron chi connectivity index (χ1n) is 5.72. The van der Waals surface area contributed by atoms with Gasteiger partial charge in [0.1, 0.15) is 5.75 Å². The van der Waals surface area contributed by atoms with Gasteiger partial charge in [0, 0.05) is 6.54 Å². The van der Waals surface area contributed by atoms with Gasteiger partial charge in [-0.3, -0.25) is 4.79 Å². The van der Waals surface area contributed by atoms with Crippen molar-refractivity contribution < 1.29 is 9.53 Å². The molecule has 0 saturated heterocycles. The van der Waals surface area contributed by atoms with Crippen LogP contribution in [0.3, 0.4) is 0 Å². The average molecular weight is 236 g/mol. The normalized spacial score (nSPS) is 10.1. The molecule has 0 fully saturated rings. The largest absolute Gasteiger partial charge is 0.496 e. The quantitative estimate of drug-likeness (QED) is 0.771. The second kappa shape index (κ2) is 6.91. The van der Waals surface area contributed by atoms with Gasteiger partial charge in [0.05, 0.1) is 13.7 Å². The van der Waals surface area contributed by atoms with Crippen LogP contribution in [-0.4, -0.2) is 33.2 Å². The third kappa shape index (κ3) is 4.44. The van der Waals surface area contributed by atoms with E-state index < -0.39 is 0 Å². The number of hydrogen-bond donors (Lipinski definition) is 2. The highest BCUT2D eigenvalue weighted by molar-refractivity contribution is 5.77. The Balaban J connectivity index is 2.50. The fourth-order valence-corrected chi connectivity index (χ4v) is 1.66. The molecule has 0 atom stereocenters. The molecule has 4 nitrogen and oxygen atoms in total. The van der Waals surface area contributed by atoms with Crippen LogP contribution in [0.15, 0.2) is 18.2 Å². The molecule has 0 aliphatic heterocycles. The van der Waals surface area contributed by atoms with Crippen molar-refractivity contribution >= 4 is 5.91 Å². The van der Waals surface area contributed by atoms with Gasteiger partial charge < -0.3 is 15.4 Å². The highest BCUT2D eigenvalue weighted by atomic mass is 16.5. The minimum Gasteiger partial charge on any atom is -0.496 e. The summed E-state index contributed by atoms with van der Waals surface area (Å²) in [6.07, 6.45) is 0.778. The van der Waals surface area contributed by atoms with Gasteiger partial charge in [-0.25, -0.2) is 0 Å². The van der Waals surface area contributed by atoms with E-state index >= 15 is 0 Å². The van der Waals surface area contributed by atoms with Crippen molar-refractivity contribution in [2.45, 2.75) is 13.3 Å². The highest BCUT2D eigenvalue weighted by Crippen LogP contribution is 2.19. The van der Waals surface area contributed by atoms with Gasteiger partial charge in [-0.15, -0.1) is 0 Å². The van der Waals surface area contributed by atoms with Gasteiger partial charge in [-0.05, 0) is 32.0 Å². The molecule has 0 saturated carbocycles. The molecule has 1 aromatic rings. The second-order valence-electron chi connectivity index (χ2n) is 3.95. The molecule has 1 amide bonds. The van der Waals surface area contributed by atoms with Crippen molar-refractivity contribution in [2.75, 3.05) is 27.2 Å². The Labute approximate surface area is 102 Å². The molecule has 1 aromatic carbocycles. The number of hydrogen-bond acceptors (Lipinski definition) is 3.